The largest absolute Gasteiger partial charge is 0.464 e. The molecule has 0 aromatic carbocycles. The summed E-state index contributed by atoms with van der Waals surface area (Å²) in [4.78, 5) is 0. The highest BCUT2D eigenvalue weighted by Crippen LogP contribution is 2.21. The number of nitrogens with one attached hydrogen (secondary N) is 1. The zero-order chi connectivity index (χ0) is 13.4. The van der Waals surface area contributed by atoms with E-state index in [1.54, 1.807) is 13.2 Å². The predicted molar refractivity (Wildman–Crippen MR) is 68.8 cm³/mol. The van der Waals surface area contributed by atoms with E-state index in [0.29, 0.717) is 36.6 Å². The highest BCUT2D eigenvalue weighted by molar-refractivity contribution is 7.98. The molecule has 1 aromatic heterocycles. The molecule has 6 heteroatoms. The van der Waals surface area contributed by atoms with Crippen molar-refractivity contribution < 1.29 is 17.9 Å². The number of halogens is 2. The molecule has 3 nitrogen and oxygen atoms in total. The smallest absolute Gasteiger partial charge is 0.284 e. The minimum absolute atomic E-state index is 0.206. The van der Waals surface area contributed by atoms with Gasteiger partial charge in [0.15, 0.2) is 0 Å². The summed E-state index contributed by atoms with van der Waals surface area (Å²) in [5.74, 6) is -0.366. The minimum atomic E-state index is -2.36. The van der Waals surface area contributed by atoms with Crippen LogP contribution in [0.4, 0.5) is 8.78 Å². The van der Waals surface area contributed by atoms with Gasteiger partial charge in [-0.05, 0) is 18.1 Å². The second kappa shape index (κ2) is 8.50. The number of thioether (sulfide) groups is 1. The molecule has 1 unspecified atom stereocenters. The maximum atomic E-state index is 12.0. The molecule has 0 spiro atoms. The molecule has 0 amide bonds. The van der Waals surface area contributed by atoms with E-state index in [-0.39, 0.29) is 5.75 Å². The average Bonchev–Trinajstić information content (AvgIpc) is 2.75. The first-order valence-electron chi connectivity index (χ1n) is 5.78. The highest BCUT2D eigenvalue weighted by atomic mass is 32.2. The zero-order valence-corrected chi connectivity index (χ0v) is 11.4. The molecule has 0 saturated heterocycles. The lowest BCUT2D eigenvalue weighted by Gasteiger charge is -2.10. The van der Waals surface area contributed by atoms with Crippen LogP contribution in [-0.2, 0) is 17.0 Å². The minimum Gasteiger partial charge on any atom is -0.464 e. The Morgan fingerprint density at radius 2 is 2.11 bits per heavy atom. The van der Waals surface area contributed by atoms with E-state index >= 15 is 0 Å². The molecule has 0 fully saturated rings. The van der Waals surface area contributed by atoms with Crippen molar-refractivity contribution in [1.29, 1.82) is 0 Å². The second-order valence-corrected chi connectivity index (χ2v) is 5.11. The Balaban J connectivity index is 2.22. The van der Waals surface area contributed by atoms with E-state index in [4.69, 9.17) is 9.15 Å². The van der Waals surface area contributed by atoms with Crippen molar-refractivity contribution in [1.82, 2.24) is 5.32 Å². The van der Waals surface area contributed by atoms with Crippen molar-refractivity contribution in [2.45, 2.75) is 25.0 Å². The number of furan rings is 1. The maximum absolute atomic E-state index is 12.0. The lowest BCUT2D eigenvalue weighted by atomic mass is 10.2. The molecule has 1 atom stereocenters. The molecule has 1 aromatic rings. The summed E-state index contributed by atoms with van der Waals surface area (Å²) in [6.45, 7) is 4.23. The Labute approximate surface area is 110 Å². The van der Waals surface area contributed by atoms with Gasteiger partial charge in [-0.1, -0.05) is 18.7 Å². The average molecular weight is 279 g/mol. The van der Waals surface area contributed by atoms with Crippen LogP contribution in [0, 0.1) is 5.92 Å². The lowest BCUT2D eigenvalue weighted by molar-refractivity contribution is 0.158. The van der Waals surface area contributed by atoms with Crippen molar-refractivity contribution in [3.63, 3.8) is 0 Å². The Morgan fingerprint density at radius 3 is 2.78 bits per heavy atom. The molecule has 0 radical (unpaired) electrons. The number of hydrogen-bond acceptors (Lipinski definition) is 4. The number of hydrogen-bond donors (Lipinski definition) is 1. The molecule has 0 bridgehead atoms. The third kappa shape index (κ3) is 6.37. The topological polar surface area (TPSA) is 34.4 Å². The standard InChI is InChI=1S/C12H19F2NO2S/c1-9(7-16-2)5-15-6-10-3-4-11(17-10)8-18-12(13)14/h3-4,9,12,15H,5-8H2,1-2H3. The van der Waals surface area contributed by atoms with Gasteiger partial charge in [0.1, 0.15) is 11.5 Å². The molecule has 0 saturated carbocycles. The zero-order valence-electron chi connectivity index (χ0n) is 10.6. The molecular formula is C12H19F2NO2S. The van der Waals surface area contributed by atoms with Gasteiger partial charge in [0.05, 0.1) is 12.3 Å². The van der Waals surface area contributed by atoms with Gasteiger partial charge in [-0.3, -0.25) is 0 Å². The fourth-order valence-corrected chi connectivity index (χ4v) is 1.97. The van der Waals surface area contributed by atoms with Crippen LogP contribution in [0.1, 0.15) is 18.4 Å². The molecule has 1 N–H and O–H groups in total. The first kappa shape index (κ1) is 15.5. The molecule has 18 heavy (non-hydrogen) atoms. The van der Waals surface area contributed by atoms with Crippen LogP contribution in [0.15, 0.2) is 16.5 Å². The highest BCUT2D eigenvalue weighted by Gasteiger charge is 2.07. The Bertz CT molecular complexity index is 334. The fraction of sp³-hybridized carbons (Fsp3) is 0.667. The second-order valence-electron chi connectivity index (χ2n) is 4.13. The summed E-state index contributed by atoms with van der Waals surface area (Å²) < 4.78 is 34.4. The van der Waals surface area contributed by atoms with Gasteiger partial charge >= 0.3 is 0 Å². The predicted octanol–water partition coefficient (Wildman–Crippen LogP) is 3.11. The Hall–Kier alpha value is -0.590. The van der Waals surface area contributed by atoms with Crippen molar-refractivity contribution in [2.75, 3.05) is 20.3 Å². The summed E-state index contributed by atoms with van der Waals surface area (Å²) in [6.07, 6.45) is 0. The fourth-order valence-electron chi connectivity index (χ4n) is 1.53. The van der Waals surface area contributed by atoms with Crippen LogP contribution in [0.2, 0.25) is 0 Å². The first-order chi connectivity index (χ1) is 8.61. The molecule has 104 valence electrons. The molecule has 1 rings (SSSR count). The number of ether oxygens (including phenoxy) is 1. The van der Waals surface area contributed by atoms with E-state index in [1.165, 1.54) is 0 Å². The summed E-state index contributed by atoms with van der Waals surface area (Å²) in [5.41, 5.74) is 0. The summed E-state index contributed by atoms with van der Waals surface area (Å²) in [7, 11) is 1.68. The number of alkyl halides is 2. The summed E-state index contributed by atoms with van der Waals surface area (Å²) in [5, 5.41) is 3.24. The van der Waals surface area contributed by atoms with Crippen LogP contribution in [0.5, 0.6) is 0 Å². The monoisotopic (exact) mass is 279 g/mol. The van der Waals surface area contributed by atoms with Gasteiger partial charge < -0.3 is 14.5 Å². The molecule has 0 aliphatic rings. The van der Waals surface area contributed by atoms with Gasteiger partial charge in [0, 0.05) is 20.3 Å². The molecule has 1 heterocycles. The molecular weight excluding hydrogens is 260 g/mol. The number of rotatable bonds is 9. The van der Waals surface area contributed by atoms with Crippen LogP contribution in [-0.4, -0.2) is 26.0 Å². The van der Waals surface area contributed by atoms with E-state index in [2.05, 4.69) is 12.2 Å². The molecule has 0 aliphatic carbocycles. The van der Waals surface area contributed by atoms with Crippen LogP contribution in [0.3, 0.4) is 0 Å². The SMILES string of the molecule is COCC(C)CNCc1ccc(CSC(F)F)o1. The quantitative estimate of drug-likeness (QED) is 0.753. The normalized spacial score (nSPS) is 13.2. The van der Waals surface area contributed by atoms with E-state index in [9.17, 15) is 8.78 Å². The van der Waals surface area contributed by atoms with Gasteiger partial charge in [-0.25, -0.2) is 0 Å². The summed E-state index contributed by atoms with van der Waals surface area (Å²) in [6, 6.07) is 3.56. The van der Waals surface area contributed by atoms with Gasteiger partial charge in [0.25, 0.3) is 5.76 Å². The number of methoxy groups -OCH3 is 1. The van der Waals surface area contributed by atoms with Gasteiger partial charge in [-0.2, -0.15) is 8.78 Å². The Morgan fingerprint density at radius 1 is 1.39 bits per heavy atom. The van der Waals surface area contributed by atoms with Crippen molar-refractivity contribution in [3.8, 4) is 0 Å². The first-order valence-corrected chi connectivity index (χ1v) is 6.83. The van der Waals surface area contributed by atoms with Crippen molar-refractivity contribution in [2.24, 2.45) is 5.92 Å². The van der Waals surface area contributed by atoms with Crippen LogP contribution >= 0.6 is 11.8 Å². The maximum Gasteiger partial charge on any atom is 0.284 e. The van der Waals surface area contributed by atoms with Gasteiger partial charge in [-0.15, -0.1) is 0 Å². The third-order valence-corrected chi connectivity index (χ3v) is 3.02. The molecule has 0 aliphatic heterocycles. The van der Waals surface area contributed by atoms with E-state index in [0.717, 1.165) is 12.3 Å². The summed E-state index contributed by atoms with van der Waals surface area (Å²) >= 11 is 0.569. The Kier molecular flexibility index (Phi) is 7.31. The van der Waals surface area contributed by atoms with Crippen LogP contribution < -0.4 is 5.32 Å². The van der Waals surface area contributed by atoms with Crippen molar-refractivity contribution in [3.05, 3.63) is 23.7 Å². The third-order valence-electron chi connectivity index (χ3n) is 2.31. The van der Waals surface area contributed by atoms with Crippen molar-refractivity contribution >= 4 is 11.8 Å². The van der Waals surface area contributed by atoms with Crippen LogP contribution in [0.25, 0.3) is 0 Å². The lowest BCUT2D eigenvalue weighted by Crippen LogP contribution is -2.23. The van der Waals surface area contributed by atoms with E-state index in [1.807, 2.05) is 6.07 Å². The van der Waals surface area contributed by atoms with E-state index < -0.39 is 5.76 Å². The van der Waals surface area contributed by atoms with Gasteiger partial charge in [0.2, 0.25) is 0 Å².